The van der Waals surface area contributed by atoms with Crippen LogP contribution in [0.3, 0.4) is 0 Å². The number of carbonyl (C=O) groups excluding carboxylic acids is 3. The number of aromatic nitrogens is 2. The van der Waals surface area contributed by atoms with Crippen molar-refractivity contribution in [1.29, 1.82) is 0 Å². The third-order valence-corrected chi connectivity index (χ3v) is 4.54. The highest BCUT2D eigenvalue weighted by Crippen LogP contribution is 2.30. The minimum atomic E-state index is -0.342. The second-order valence-electron chi connectivity index (χ2n) is 7.16. The van der Waals surface area contributed by atoms with Crippen LogP contribution < -0.4 is 20.7 Å². The second kappa shape index (κ2) is 8.26. The van der Waals surface area contributed by atoms with Crippen LogP contribution in [-0.4, -0.2) is 34.2 Å². The van der Waals surface area contributed by atoms with Crippen molar-refractivity contribution in [2.75, 3.05) is 17.2 Å². The quantitative estimate of drug-likeness (QED) is 0.629. The maximum absolute atomic E-state index is 11.9. The van der Waals surface area contributed by atoms with Crippen LogP contribution in [0.1, 0.15) is 25.7 Å². The van der Waals surface area contributed by atoms with Gasteiger partial charge < -0.3 is 20.7 Å². The summed E-state index contributed by atoms with van der Waals surface area (Å²) in [7, 11) is 0. The van der Waals surface area contributed by atoms with Gasteiger partial charge in [-0.15, -0.1) is 0 Å². The monoisotopic (exact) mass is 395 g/mol. The number of pyridine rings is 2. The number of amides is 3. The molecule has 0 radical (unpaired) electrons. The van der Waals surface area contributed by atoms with Crippen LogP contribution in [0, 0.1) is 11.8 Å². The number of carbonyl (C=O) groups is 3. The molecule has 0 aromatic carbocycles. The third-order valence-electron chi connectivity index (χ3n) is 4.54. The number of hydrogen-bond donors (Lipinski definition) is 3. The average Bonchev–Trinajstić information content (AvgIpc) is 3.60. The van der Waals surface area contributed by atoms with E-state index >= 15 is 0 Å². The molecule has 150 valence electrons. The predicted octanol–water partition coefficient (Wildman–Crippen LogP) is 2.08. The van der Waals surface area contributed by atoms with Gasteiger partial charge in [-0.1, -0.05) is 0 Å². The fourth-order valence-electron chi connectivity index (χ4n) is 2.61. The highest BCUT2D eigenvalue weighted by atomic mass is 16.5. The van der Waals surface area contributed by atoms with Crippen LogP contribution in [0.25, 0.3) is 0 Å². The molecule has 2 aliphatic carbocycles. The molecule has 0 atom stereocenters. The highest BCUT2D eigenvalue weighted by Gasteiger charge is 2.30. The minimum Gasteiger partial charge on any atom is -0.456 e. The van der Waals surface area contributed by atoms with Crippen LogP contribution in [0.5, 0.6) is 11.5 Å². The Kier molecular flexibility index (Phi) is 5.37. The first-order valence-corrected chi connectivity index (χ1v) is 9.55. The zero-order valence-corrected chi connectivity index (χ0v) is 15.7. The van der Waals surface area contributed by atoms with E-state index in [0.717, 1.165) is 25.7 Å². The second-order valence-corrected chi connectivity index (χ2v) is 7.16. The first-order valence-electron chi connectivity index (χ1n) is 9.55. The molecule has 2 aromatic rings. The molecule has 2 aliphatic rings. The molecule has 3 amide bonds. The van der Waals surface area contributed by atoms with E-state index in [2.05, 4.69) is 25.9 Å². The summed E-state index contributed by atoms with van der Waals surface area (Å²) in [5, 5.41) is 7.98. The van der Waals surface area contributed by atoms with Gasteiger partial charge in [-0.05, 0) is 43.9 Å². The summed E-state index contributed by atoms with van der Waals surface area (Å²) in [6.07, 6.45) is 6.65. The summed E-state index contributed by atoms with van der Waals surface area (Å²) in [5.41, 5.74) is 0. The molecule has 0 saturated heterocycles. The molecular weight excluding hydrogens is 374 g/mol. The maximum atomic E-state index is 11.9. The number of nitrogens with zero attached hydrogens (tertiary/aromatic N) is 2. The van der Waals surface area contributed by atoms with Gasteiger partial charge in [0.05, 0.1) is 12.7 Å². The van der Waals surface area contributed by atoms with Gasteiger partial charge in [-0.3, -0.25) is 14.4 Å². The van der Waals surface area contributed by atoms with Crippen molar-refractivity contribution < 1.29 is 19.1 Å². The van der Waals surface area contributed by atoms with Crippen molar-refractivity contribution in [3.63, 3.8) is 0 Å². The van der Waals surface area contributed by atoms with E-state index in [1.165, 1.54) is 6.20 Å². The smallest absolute Gasteiger partial charge is 0.244 e. The molecule has 2 saturated carbocycles. The molecule has 0 unspecified atom stereocenters. The number of anilines is 2. The lowest BCUT2D eigenvalue weighted by atomic mass is 10.3. The van der Waals surface area contributed by atoms with E-state index in [9.17, 15) is 14.4 Å². The Bertz CT molecular complexity index is 923. The molecule has 9 nitrogen and oxygen atoms in total. The summed E-state index contributed by atoms with van der Waals surface area (Å²) < 4.78 is 5.73. The van der Waals surface area contributed by atoms with Crippen LogP contribution in [0.15, 0.2) is 36.7 Å². The maximum Gasteiger partial charge on any atom is 0.244 e. The molecule has 2 aromatic heterocycles. The molecule has 9 heteroatoms. The van der Waals surface area contributed by atoms with Crippen LogP contribution in [0.2, 0.25) is 0 Å². The van der Waals surface area contributed by atoms with Crippen molar-refractivity contribution in [3.8, 4) is 11.5 Å². The lowest BCUT2D eigenvalue weighted by Crippen LogP contribution is -2.33. The van der Waals surface area contributed by atoms with Crippen LogP contribution in [-0.2, 0) is 14.4 Å². The molecular formula is C20H21N5O4. The van der Waals surface area contributed by atoms with Crippen molar-refractivity contribution in [1.82, 2.24) is 15.3 Å². The van der Waals surface area contributed by atoms with Gasteiger partial charge in [0, 0.05) is 24.1 Å². The SMILES string of the molecule is O=C(CNC(=O)C1CC1)Nc1ccc(Oc2ccnc(NC(=O)C3CC3)c2)cn1. The third kappa shape index (κ3) is 5.50. The molecule has 4 rings (SSSR count). The summed E-state index contributed by atoms with van der Waals surface area (Å²) in [6, 6.07) is 6.57. The molecule has 0 spiro atoms. The zero-order chi connectivity index (χ0) is 20.2. The fourth-order valence-corrected chi connectivity index (χ4v) is 2.61. The molecule has 0 aliphatic heterocycles. The van der Waals surface area contributed by atoms with E-state index in [-0.39, 0.29) is 36.1 Å². The van der Waals surface area contributed by atoms with Crippen molar-refractivity contribution in [2.45, 2.75) is 25.7 Å². The summed E-state index contributed by atoms with van der Waals surface area (Å²) in [4.78, 5) is 43.5. The van der Waals surface area contributed by atoms with E-state index in [1.54, 1.807) is 30.5 Å². The van der Waals surface area contributed by atoms with Gasteiger partial charge in [0.2, 0.25) is 17.7 Å². The average molecular weight is 395 g/mol. The van der Waals surface area contributed by atoms with E-state index in [0.29, 0.717) is 23.1 Å². The van der Waals surface area contributed by atoms with E-state index in [4.69, 9.17) is 4.74 Å². The van der Waals surface area contributed by atoms with Gasteiger partial charge in [-0.25, -0.2) is 9.97 Å². The Balaban J connectivity index is 1.28. The first kappa shape index (κ1) is 18.9. The Hall–Kier alpha value is -3.49. The fraction of sp³-hybridized carbons (Fsp3) is 0.350. The highest BCUT2D eigenvalue weighted by molar-refractivity contribution is 5.94. The lowest BCUT2D eigenvalue weighted by Gasteiger charge is -2.09. The topological polar surface area (TPSA) is 122 Å². The van der Waals surface area contributed by atoms with Crippen molar-refractivity contribution in [3.05, 3.63) is 36.7 Å². The molecule has 3 N–H and O–H groups in total. The summed E-state index contributed by atoms with van der Waals surface area (Å²) in [6.45, 7) is -0.0817. The number of nitrogens with one attached hydrogen (secondary N) is 3. The number of ether oxygens (including phenoxy) is 1. The molecule has 0 bridgehead atoms. The normalized spacial score (nSPS) is 15.3. The van der Waals surface area contributed by atoms with Crippen molar-refractivity contribution >= 4 is 29.4 Å². The van der Waals surface area contributed by atoms with E-state index < -0.39 is 0 Å². The standard InChI is InChI=1S/C20H21N5O4/c26-18(11-23-19(27)12-1-2-12)24-16-6-5-15(10-22-16)29-14-7-8-21-17(9-14)25-20(28)13-3-4-13/h5-10,12-13H,1-4,11H2,(H,23,27)(H,21,25,28)(H,22,24,26). The Morgan fingerprint density at radius 1 is 0.897 bits per heavy atom. The lowest BCUT2D eigenvalue weighted by molar-refractivity contribution is -0.125. The van der Waals surface area contributed by atoms with E-state index in [1.807, 2.05) is 0 Å². The molecule has 29 heavy (non-hydrogen) atoms. The van der Waals surface area contributed by atoms with Gasteiger partial charge in [0.25, 0.3) is 0 Å². The van der Waals surface area contributed by atoms with Gasteiger partial charge in [0.1, 0.15) is 23.1 Å². The number of rotatable bonds is 8. The van der Waals surface area contributed by atoms with Gasteiger partial charge >= 0.3 is 0 Å². The Labute approximate surface area is 167 Å². The zero-order valence-electron chi connectivity index (χ0n) is 15.7. The number of hydrogen-bond acceptors (Lipinski definition) is 6. The predicted molar refractivity (Wildman–Crippen MR) is 104 cm³/mol. The first-order chi connectivity index (χ1) is 14.1. The van der Waals surface area contributed by atoms with Gasteiger partial charge in [-0.2, -0.15) is 0 Å². The van der Waals surface area contributed by atoms with Gasteiger partial charge in [0.15, 0.2) is 0 Å². The molecule has 2 fully saturated rings. The Morgan fingerprint density at radius 3 is 2.34 bits per heavy atom. The molecule has 2 heterocycles. The summed E-state index contributed by atoms with van der Waals surface area (Å²) in [5.74, 6) is 1.48. The summed E-state index contributed by atoms with van der Waals surface area (Å²) >= 11 is 0. The van der Waals surface area contributed by atoms with Crippen molar-refractivity contribution in [2.24, 2.45) is 11.8 Å². The Morgan fingerprint density at radius 2 is 1.66 bits per heavy atom. The van der Waals surface area contributed by atoms with Crippen LogP contribution in [0.4, 0.5) is 11.6 Å². The minimum absolute atomic E-state index is 0.0234. The van der Waals surface area contributed by atoms with Crippen LogP contribution >= 0.6 is 0 Å². The largest absolute Gasteiger partial charge is 0.456 e.